The van der Waals surface area contributed by atoms with Gasteiger partial charge in [0.1, 0.15) is 54.0 Å². The number of aryl methyl sites for hydroxylation is 1. The molecule has 16 nitrogen and oxygen atoms in total. The minimum absolute atomic E-state index is 0.00155. The Bertz CT molecular complexity index is 1910. The molecule has 5 N–H and O–H groups in total. The molecule has 3 heterocycles. The number of hydrogen-bond acceptors (Lipinski definition) is 9. The van der Waals surface area contributed by atoms with Crippen LogP contribution in [0.4, 0.5) is 19.3 Å². The lowest BCUT2D eigenvalue weighted by Crippen LogP contribution is -2.63. The number of hydrogen-bond donors (Lipinski definition) is 5. The van der Waals surface area contributed by atoms with Gasteiger partial charge in [-0.05, 0) is 87.8 Å². The van der Waals surface area contributed by atoms with Crippen molar-refractivity contribution in [3.05, 3.63) is 65.2 Å². The number of ether oxygens (including phenoxy) is 1. The van der Waals surface area contributed by atoms with Crippen molar-refractivity contribution in [2.45, 2.75) is 115 Å². The molecular weight excluding hydrogens is 772 g/mol. The van der Waals surface area contributed by atoms with Crippen molar-refractivity contribution in [2.75, 3.05) is 25.5 Å². The second-order valence-corrected chi connectivity index (χ2v) is 15.7. The van der Waals surface area contributed by atoms with Crippen molar-refractivity contribution in [2.24, 2.45) is 5.92 Å². The molecule has 2 aromatic carbocycles. The number of fused-ring (bicyclic) bond motifs is 2. The summed E-state index contributed by atoms with van der Waals surface area (Å²) in [7, 11) is 1.30. The first kappa shape index (κ1) is 44.5. The van der Waals surface area contributed by atoms with E-state index in [-0.39, 0.29) is 37.4 Å². The number of benzene rings is 2. The molecule has 18 heteroatoms. The van der Waals surface area contributed by atoms with Gasteiger partial charge in [-0.1, -0.05) is 26.0 Å². The van der Waals surface area contributed by atoms with Crippen molar-refractivity contribution in [3.63, 3.8) is 0 Å². The molecule has 2 aromatic rings. The molecule has 0 saturated carbocycles. The number of aliphatic hydroxyl groups is 1. The zero-order valence-electron chi connectivity index (χ0n) is 34.0. The van der Waals surface area contributed by atoms with Gasteiger partial charge in [0.15, 0.2) is 0 Å². The number of carbonyl (C=O) groups excluding carboxylic acids is 7. The number of rotatable bonds is 8. The summed E-state index contributed by atoms with van der Waals surface area (Å²) in [5, 5.41) is 21.0. The van der Waals surface area contributed by atoms with Crippen LogP contribution in [0.1, 0.15) is 65.0 Å². The third kappa shape index (κ3) is 10.5. The van der Waals surface area contributed by atoms with Gasteiger partial charge in [-0.3, -0.25) is 24.0 Å². The average Bonchev–Trinajstić information content (AvgIpc) is 3.82. The highest BCUT2D eigenvalue weighted by Crippen LogP contribution is 2.27. The van der Waals surface area contributed by atoms with E-state index in [4.69, 9.17) is 4.74 Å². The Balaban J connectivity index is 1.51. The number of aliphatic hydroxyl groups excluding tert-OH is 1. The van der Waals surface area contributed by atoms with Crippen LogP contribution in [0.2, 0.25) is 0 Å². The van der Waals surface area contributed by atoms with Crippen LogP contribution in [0.5, 0.6) is 0 Å². The number of halogens is 2. The van der Waals surface area contributed by atoms with E-state index < -0.39 is 108 Å². The molecule has 0 radical (unpaired) electrons. The first-order valence-electron chi connectivity index (χ1n) is 19.9. The number of carbonyl (C=O) groups is 7. The van der Waals surface area contributed by atoms with Crippen LogP contribution in [0, 0.1) is 17.6 Å². The molecule has 5 rings (SSSR count). The highest BCUT2D eigenvalue weighted by Gasteiger charge is 2.47. The van der Waals surface area contributed by atoms with Gasteiger partial charge in [-0.25, -0.2) is 18.4 Å². The minimum Gasteiger partial charge on any atom is -0.458 e. The topological polar surface area (TPSA) is 207 Å². The second-order valence-electron chi connectivity index (χ2n) is 15.7. The highest BCUT2D eigenvalue weighted by molar-refractivity contribution is 5.98. The number of amides is 7. The van der Waals surface area contributed by atoms with Crippen molar-refractivity contribution < 1.29 is 52.2 Å². The third-order valence-corrected chi connectivity index (χ3v) is 11.0. The van der Waals surface area contributed by atoms with Crippen LogP contribution in [0.25, 0.3) is 0 Å². The van der Waals surface area contributed by atoms with E-state index in [1.165, 1.54) is 37.6 Å². The Morgan fingerprint density at radius 2 is 1.59 bits per heavy atom. The molecule has 3 aliphatic rings. The Kier molecular flexibility index (Phi) is 14.3. The van der Waals surface area contributed by atoms with Gasteiger partial charge in [-0.15, -0.1) is 0 Å². The summed E-state index contributed by atoms with van der Waals surface area (Å²) >= 11 is 0. The Morgan fingerprint density at radius 1 is 0.932 bits per heavy atom. The van der Waals surface area contributed by atoms with Gasteiger partial charge >= 0.3 is 12.0 Å². The van der Waals surface area contributed by atoms with Crippen LogP contribution in [0.15, 0.2) is 42.5 Å². The highest BCUT2D eigenvalue weighted by atomic mass is 19.1. The fourth-order valence-corrected chi connectivity index (χ4v) is 7.97. The monoisotopic (exact) mass is 825 g/mol. The fraction of sp³-hybridized carbons (Fsp3) is 0.537. The van der Waals surface area contributed by atoms with E-state index in [0.29, 0.717) is 18.2 Å². The minimum atomic E-state index is -1.69. The summed E-state index contributed by atoms with van der Waals surface area (Å²) in [5.41, 5.74) is 1.39. The number of nitrogens with zero attached hydrogens (tertiary/aromatic N) is 3. The number of nitrogens with one attached hydrogen (secondary N) is 4. The van der Waals surface area contributed by atoms with Gasteiger partial charge in [0.2, 0.25) is 29.5 Å². The zero-order valence-corrected chi connectivity index (χ0v) is 34.0. The normalized spacial score (nSPS) is 26.7. The number of anilines is 1. The molecule has 3 saturated heterocycles. The summed E-state index contributed by atoms with van der Waals surface area (Å²) in [6, 6.07) is 0.519. The maximum Gasteiger partial charge on any atom is 0.329 e. The van der Waals surface area contributed by atoms with Crippen molar-refractivity contribution >= 4 is 47.2 Å². The van der Waals surface area contributed by atoms with E-state index in [9.17, 15) is 47.4 Å². The van der Waals surface area contributed by atoms with E-state index in [2.05, 4.69) is 21.3 Å². The van der Waals surface area contributed by atoms with Gasteiger partial charge in [-0.2, -0.15) is 0 Å². The maximum absolute atomic E-state index is 14.6. The van der Waals surface area contributed by atoms with E-state index in [1.54, 1.807) is 24.3 Å². The summed E-state index contributed by atoms with van der Waals surface area (Å²) in [6.07, 6.45) is -1.83. The third-order valence-electron chi connectivity index (χ3n) is 11.0. The summed E-state index contributed by atoms with van der Waals surface area (Å²) in [5.74, 6) is -6.90. The largest absolute Gasteiger partial charge is 0.458 e. The van der Waals surface area contributed by atoms with Crippen LogP contribution in [-0.2, 0) is 46.3 Å². The van der Waals surface area contributed by atoms with Gasteiger partial charge in [0.25, 0.3) is 0 Å². The zero-order chi connectivity index (χ0) is 43.3. The first-order valence-corrected chi connectivity index (χ1v) is 19.9. The quantitative estimate of drug-likeness (QED) is 0.245. The Morgan fingerprint density at radius 3 is 2.22 bits per heavy atom. The molecule has 1 unspecified atom stereocenters. The standard InChI is InChI=1S/C41H53F2N7O9/c1-7-25-10-12-29(13-11-25)45-41(58)46-30(18-26-16-27(42)19-28(43)17-26)35(52)47-33-24(5)59-40(57)32-15-21(2)20-50(32)37(54)22(3)44-36(53)34(23(4)51)48(6)38(55)31-9-8-14-49(31)39(33)56/h10-13,16-17,19,21-24,30-34,51H,7-9,14-15,18,20H2,1-6H3,(H,44,53)(H,47,52)(H2,45,46,58)/t21-,22-,23?,24-,30-,31-,32-,33-,34-/m0/s1. The molecule has 9 atom stereocenters. The summed E-state index contributed by atoms with van der Waals surface area (Å²) in [4.78, 5) is 101. The SMILES string of the molecule is CCc1ccc(NC(=O)N[C@@H](Cc2cc(F)cc(F)c2)C(=O)N[C@@H]2C(=O)N3CCC[C@H]3C(=O)N(C)[C@@H](C(C)O)C(=O)N[C@@H](C)C(=O)N3C[C@@H](C)C[C@H]3C(=O)O[C@H]2C)cc1. The fourth-order valence-electron chi connectivity index (χ4n) is 7.97. The predicted molar refractivity (Wildman–Crippen MR) is 209 cm³/mol. The summed E-state index contributed by atoms with van der Waals surface area (Å²) in [6.45, 7) is 8.04. The molecule has 3 aliphatic heterocycles. The Hall–Kier alpha value is -5.65. The number of esters is 1. The second kappa shape index (κ2) is 18.9. The van der Waals surface area contributed by atoms with Crippen LogP contribution >= 0.6 is 0 Å². The van der Waals surface area contributed by atoms with Crippen LogP contribution < -0.4 is 21.3 Å². The first-order chi connectivity index (χ1) is 27.9. The van der Waals surface area contributed by atoms with E-state index in [1.807, 2.05) is 13.8 Å². The van der Waals surface area contributed by atoms with Crippen molar-refractivity contribution in [1.82, 2.24) is 30.7 Å². The lowest BCUT2D eigenvalue weighted by molar-refractivity contribution is -0.163. The molecular formula is C41H53F2N7O9. The summed E-state index contributed by atoms with van der Waals surface area (Å²) < 4.78 is 34.5. The van der Waals surface area contributed by atoms with Gasteiger partial charge < -0.3 is 45.8 Å². The number of cyclic esters (lactones) is 1. The number of urea groups is 1. The predicted octanol–water partition coefficient (Wildman–Crippen LogP) is 1.63. The van der Waals surface area contributed by atoms with E-state index in [0.717, 1.165) is 29.0 Å². The average molecular weight is 826 g/mol. The lowest BCUT2D eigenvalue weighted by atomic mass is 10.0. The molecule has 0 bridgehead atoms. The Labute approximate surface area is 341 Å². The van der Waals surface area contributed by atoms with Crippen molar-refractivity contribution in [1.29, 1.82) is 0 Å². The van der Waals surface area contributed by atoms with Crippen molar-refractivity contribution in [3.8, 4) is 0 Å². The molecule has 0 aromatic heterocycles. The van der Waals surface area contributed by atoms with Crippen LogP contribution in [-0.4, -0.2) is 130 Å². The number of likely N-dealkylation sites (N-methyl/N-ethyl adjacent to an activating group) is 1. The van der Waals surface area contributed by atoms with E-state index >= 15 is 0 Å². The molecule has 320 valence electrons. The van der Waals surface area contributed by atoms with Gasteiger partial charge in [0.05, 0.1) is 6.10 Å². The molecule has 59 heavy (non-hydrogen) atoms. The molecule has 0 spiro atoms. The smallest absolute Gasteiger partial charge is 0.329 e. The van der Waals surface area contributed by atoms with Gasteiger partial charge in [0, 0.05) is 38.3 Å². The molecule has 3 fully saturated rings. The lowest BCUT2D eigenvalue weighted by Gasteiger charge is -2.37. The molecule has 0 aliphatic carbocycles. The maximum atomic E-state index is 14.6. The van der Waals surface area contributed by atoms with Crippen LogP contribution in [0.3, 0.4) is 0 Å². The molecule has 7 amide bonds.